The molecule has 1 aromatic rings. The summed E-state index contributed by atoms with van der Waals surface area (Å²) in [5.41, 5.74) is 0.785. The normalized spacial score (nSPS) is 12.6. The summed E-state index contributed by atoms with van der Waals surface area (Å²) in [7, 11) is 0. The Hall–Kier alpha value is -0.900. The van der Waals surface area contributed by atoms with Gasteiger partial charge in [0.15, 0.2) is 6.61 Å². The van der Waals surface area contributed by atoms with Crippen molar-refractivity contribution in [2.75, 3.05) is 6.61 Å². The van der Waals surface area contributed by atoms with Gasteiger partial charge in [0.1, 0.15) is 5.75 Å². The first-order chi connectivity index (χ1) is 8.15. The van der Waals surface area contributed by atoms with E-state index in [-0.39, 0.29) is 16.2 Å². The maximum absolute atomic E-state index is 12.1. The van der Waals surface area contributed by atoms with E-state index in [0.29, 0.717) is 0 Å². The molecule has 0 atom stereocenters. The van der Waals surface area contributed by atoms with Crippen LogP contribution in [0, 0.1) is 0 Å². The summed E-state index contributed by atoms with van der Waals surface area (Å²) in [6.45, 7) is 4.72. The topological polar surface area (TPSA) is 9.23 Å². The predicted octanol–water partition coefficient (Wildman–Crippen LogP) is 4.97. The predicted molar refractivity (Wildman–Crippen MR) is 66.3 cm³/mol. The second-order valence-electron chi connectivity index (χ2n) is 4.79. The number of rotatable bonds is 4. The van der Waals surface area contributed by atoms with Gasteiger partial charge in [-0.15, -0.1) is 0 Å². The lowest BCUT2D eigenvalue weighted by molar-refractivity contribution is -0.153. The quantitative estimate of drug-likeness (QED) is 0.757. The Labute approximate surface area is 110 Å². The monoisotopic (exact) mass is 280 g/mol. The first-order valence-corrected chi connectivity index (χ1v) is 6.03. The average Bonchev–Trinajstić information content (AvgIpc) is 2.26. The lowest BCUT2D eigenvalue weighted by atomic mass is 9.82. The van der Waals surface area contributed by atoms with E-state index < -0.39 is 12.8 Å². The van der Waals surface area contributed by atoms with Crippen molar-refractivity contribution in [3.05, 3.63) is 28.8 Å². The summed E-state index contributed by atoms with van der Waals surface area (Å²) in [6, 6.07) is 4.96. The zero-order chi connectivity index (χ0) is 14.0. The van der Waals surface area contributed by atoms with Crippen LogP contribution in [0.5, 0.6) is 5.75 Å². The highest BCUT2D eigenvalue weighted by Gasteiger charge is 2.29. The number of alkyl halides is 3. The van der Waals surface area contributed by atoms with E-state index in [0.717, 1.165) is 12.0 Å². The highest BCUT2D eigenvalue weighted by Crippen LogP contribution is 2.34. The largest absolute Gasteiger partial charge is 0.483 e. The molecule has 0 heterocycles. The van der Waals surface area contributed by atoms with Crippen LogP contribution in [0.25, 0.3) is 0 Å². The van der Waals surface area contributed by atoms with Crippen molar-refractivity contribution in [1.29, 1.82) is 0 Å². The van der Waals surface area contributed by atoms with Gasteiger partial charge >= 0.3 is 6.18 Å². The van der Waals surface area contributed by atoms with Crippen molar-refractivity contribution >= 4 is 11.6 Å². The fourth-order valence-corrected chi connectivity index (χ4v) is 1.57. The van der Waals surface area contributed by atoms with Crippen LogP contribution in [0.4, 0.5) is 13.2 Å². The third kappa shape index (κ3) is 4.09. The zero-order valence-electron chi connectivity index (χ0n) is 10.6. The molecular formula is C13H16ClF3O. The van der Waals surface area contributed by atoms with Gasteiger partial charge in [0, 0.05) is 0 Å². The molecule has 0 aromatic heterocycles. The Balaban J connectivity index is 2.95. The van der Waals surface area contributed by atoms with E-state index in [2.05, 4.69) is 0 Å². The number of benzene rings is 1. The molecule has 1 rings (SSSR count). The molecule has 102 valence electrons. The van der Waals surface area contributed by atoms with E-state index in [9.17, 15) is 13.2 Å². The third-order valence-electron chi connectivity index (χ3n) is 2.99. The van der Waals surface area contributed by atoms with Crippen molar-refractivity contribution in [2.45, 2.75) is 38.8 Å². The Morgan fingerprint density at radius 3 is 2.33 bits per heavy atom. The summed E-state index contributed by atoms with van der Waals surface area (Å²) in [6.07, 6.45) is -3.49. The van der Waals surface area contributed by atoms with Crippen molar-refractivity contribution in [3.63, 3.8) is 0 Å². The van der Waals surface area contributed by atoms with Crippen molar-refractivity contribution in [3.8, 4) is 5.75 Å². The van der Waals surface area contributed by atoms with Crippen LogP contribution in [0.3, 0.4) is 0 Å². The molecule has 0 N–H and O–H groups in total. The molecule has 0 saturated heterocycles. The van der Waals surface area contributed by atoms with Crippen LogP contribution in [0.1, 0.15) is 32.8 Å². The molecular weight excluding hydrogens is 265 g/mol. The average molecular weight is 281 g/mol. The first-order valence-electron chi connectivity index (χ1n) is 5.65. The van der Waals surface area contributed by atoms with E-state index in [1.165, 1.54) is 0 Å². The van der Waals surface area contributed by atoms with Crippen LogP contribution in [-0.2, 0) is 5.41 Å². The molecule has 0 fully saturated rings. The minimum Gasteiger partial charge on any atom is -0.483 e. The fraction of sp³-hybridized carbons (Fsp3) is 0.538. The van der Waals surface area contributed by atoms with E-state index >= 15 is 0 Å². The number of hydrogen-bond acceptors (Lipinski definition) is 1. The van der Waals surface area contributed by atoms with Gasteiger partial charge in [0.2, 0.25) is 0 Å². The van der Waals surface area contributed by atoms with Gasteiger partial charge in [-0.2, -0.15) is 13.2 Å². The number of ether oxygens (including phenoxy) is 1. The Morgan fingerprint density at radius 1 is 1.22 bits per heavy atom. The molecule has 0 saturated carbocycles. The summed E-state index contributed by atoms with van der Waals surface area (Å²) in [5, 5.41) is 0.190. The van der Waals surface area contributed by atoms with Gasteiger partial charge in [-0.3, -0.25) is 0 Å². The molecule has 0 unspecified atom stereocenters. The molecule has 0 spiro atoms. The van der Waals surface area contributed by atoms with Crippen LogP contribution in [0.15, 0.2) is 18.2 Å². The molecule has 0 radical (unpaired) electrons. The lowest BCUT2D eigenvalue weighted by Gasteiger charge is -2.24. The van der Waals surface area contributed by atoms with Gasteiger partial charge in [-0.25, -0.2) is 0 Å². The molecule has 0 aliphatic carbocycles. The Morgan fingerprint density at radius 2 is 1.83 bits per heavy atom. The molecule has 1 nitrogen and oxygen atoms in total. The van der Waals surface area contributed by atoms with Crippen molar-refractivity contribution < 1.29 is 17.9 Å². The minimum atomic E-state index is -4.36. The second-order valence-corrected chi connectivity index (χ2v) is 5.19. The molecule has 1 aromatic carbocycles. The molecule has 5 heteroatoms. The highest BCUT2D eigenvalue weighted by molar-refractivity contribution is 6.32. The summed E-state index contributed by atoms with van der Waals surface area (Å²) in [4.78, 5) is 0. The standard InChI is InChI=1S/C13H16ClF3O/c1-4-12(2,3)9-5-6-10(14)11(7-9)18-8-13(15,16)17/h5-7H,4,8H2,1-3H3. The number of halogens is 4. The minimum absolute atomic E-state index is 0.0769. The maximum atomic E-state index is 12.1. The first kappa shape index (κ1) is 15.2. The SMILES string of the molecule is CCC(C)(C)c1ccc(Cl)c(OCC(F)(F)F)c1. The van der Waals surface area contributed by atoms with Crippen LogP contribution in [-0.4, -0.2) is 12.8 Å². The van der Waals surface area contributed by atoms with Crippen LogP contribution in [0.2, 0.25) is 5.02 Å². The molecule has 0 aliphatic rings. The lowest BCUT2D eigenvalue weighted by Crippen LogP contribution is -2.20. The summed E-state index contributed by atoms with van der Waals surface area (Å²) in [5.74, 6) is 0.0769. The summed E-state index contributed by atoms with van der Waals surface area (Å²) < 4.78 is 41.0. The smallest absolute Gasteiger partial charge is 0.422 e. The van der Waals surface area contributed by atoms with Gasteiger partial charge in [-0.05, 0) is 29.5 Å². The molecule has 0 amide bonds. The molecule has 18 heavy (non-hydrogen) atoms. The summed E-state index contributed by atoms with van der Waals surface area (Å²) >= 11 is 5.83. The van der Waals surface area contributed by atoms with Gasteiger partial charge in [0.05, 0.1) is 5.02 Å². The maximum Gasteiger partial charge on any atom is 0.422 e. The highest BCUT2D eigenvalue weighted by atomic mass is 35.5. The molecule has 0 bridgehead atoms. The van der Waals surface area contributed by atoms with Crippen LogP contribution < -0.4 is 4.74 Å². The van der Waals surface area contributed by atoms with E-state index in [1.807, 2.05) is 26.8 Å². The van der Waals surface area contributed by atoms with Gasteiger partial charge in [0.25, 0.3) is 0 Å². The molecule has 0 aliphatic heterocycles. The van der Waals surface area contributed by atoms with Gasteiger partial charge in [-0.1, -0.05) is 38.4 Å². The Bertz CT molecular complexity index is 413. The van der Waals surface area contributed by atoms with E-state index in [4.69, 9.17) is 16.3 Å². The van der Waals surface area contributed by atoms with Gasteiger partial charge < -0.3 is 4.74 Å². The van der Waals surface area contributed by atoms with Crippen molar-refractivity contribution in [2.24, 2.45) is 0 Å². The zero-order valence-corrected chi connectivity index (χ0v) is 11.3. The van der Waals surface area contributed by atoms with Crippen molar-refractivity contribution in [1.82, 2.24) is 0 Å². The Kier molecular flexibility index (Phi) is 4.54. The van der Waals surface area contributed by atoms with E-state index in [1.54, 1.807) is 12.1 Å². The second kappa shape index (κ2) is 5.39. The fourth-order valence-electron chi connectivity index (χ4n) is 1.40. The number of hydrogen-bond donors (Lipinski definition) is 0. The van der Waals surface area contributed by atoms with Crippen LogP contribution >= 0.6 is 11.6 Å². The third-order valence-corrected chi connectivity index (χ3v) is 3.30.